The van der Waals surface area contributed by atoms with Gasteiger partial charge in [0, 0.05) is 16.6 Å². The van der Waals surface area contributed by atoms with Crippen LogP contribution in [-0.4, -0.2) is 0 Å². The van der Waals surface area contributed by atoms with Gasteiger partial charge in [-0.15, -0.1) is 0 Å². The van der Waals surface area contributed by atoms with Crippen LogP contribution in [0.25, 0.3) is 11.1 Å². The minimum absolute atomic E-state index is 0.0136. The Hall–Kier alpha value is -1.38. The van der Waals surface area contributed by atoms with Gasteiger partial charge in [0.25, 0.3) is 0 Å². The number of hydrogen-bond acceptors (Lipinski definition) is 1. The Labute approximate surface area is 111 Å². The maximum absolute atomic E-state index is 13.8. The molecule has 0 aromatic heterocycles. The summed E-state index contributed by atoms with van der Waals surface area (Å²) in [6.45, 7) is 2.03. The Morgan fingerprint density at radius 1 is 1.22 bits per heavy atom. The fourth-order valence-corrected chi connectivity index (χ4v) is 2.05. The standard InChI is InChI=1S/C15H15ClFN/c1-2-15(18)11-5-3-4-10(8-11)13-7-6-12(16)9-14(13)17/h3-9,15H,2,18H2,1H3. The normalized spacial score (nSPS) is 12.4. The quantitative estimate of drug-likeness (QED) is 0.863. The first kappa shape index (κ1) is 13.1. The molecule has 0 aliphatic carbocycles. The lowest BCUT2D eigenvalue weighted by atomic mass is 9.98. The van der Waals surface area contributed by atoms with E-state index in [9.17, 15) is 4.39 Å². The molecule has 0 heterocycles. The summed E-state index contributed by atoms with van der Waals surface area (Å²) in [4.78, 5) is 0. The molecule has 0 amide bonds. The van der Waals surface area contributed by atoms with Crippen LogP contribution in [0.15, 0.2) is 42.5 Å². The van der Waals surface area contributed by atoms with E-state index in [1.54, 1.807) is 12.1 Å². The fraction of sp³-hybridized carbons (Fsp3) is 0.200. The summed E-state index contributed by atoms with van der Waals surface area (Å²) in [5, 5.41) is 0.401. The zero-order valence-electron chi connectivity index (χ0n) is 10.2. The molecule has 94 valence electrons. The van der Waals surface area contributed by atoms with E-state index in [0.717, 1.165) is 17.5 Å². The molecule has 0 radical (unpaired) electrons. The van der Waals surface area contributed by atoms with Crippen LogP contribution < -0.4 is 5.73 Å². The molecule has 0 aliphatic heterocycles. The molecule has 0 spiro atoms. The Morgan fingerprint density at radius 2 is 2.00 bits per heavy atom. The predicted molar refractivity (Wildman–Crippen MR) is 74.1 cm³/mol. The van der Waals surface area contributed by atoms with Crippen molar-refractivity contribution in [3.8, 4) is 11.1 Å². The van der Waals surface area contributed by atoms with E-state index in [-0.39, 0.29) is 11.9 Å². The third-order valence-corrected chi connectivity index (χ3v) is 3.23. The second-order valence-corrected chi connectivity index (χ2v) is 4.70. The highest BCUT2D eigenvalue weighted by molar-refractivity contribution is 6.30. The van der Waals surface area contributed by atoms with Gasteiger partial charge in [-0.1, -0.05) is 36.7 Å². The van der Waals surface area contributed by atoms with Gasteiger partial charge in [-0.3, -0.25) is 0 Å². The number of halogens is 2. The molecular weight excluding hydrogens is 249 g/mol. The van der Waals surface area contributed by atoms with E-state index in [0.29, 0.717) is 10.6 Å². The van der Waals surface area contributed by atoms with Gasteiger partial charge in [0.15, 0.2) is 0 Å². The van der Waals surface area contributed by atoms with Crippen LogP contribution in [0.5, 0.6) is 0 Å². The van der Waals surface area contributed by atoms with E-state index < -0.39 is 0 Å². The average Bonchev–Trinajstić information content (AvgIpc) is 2.38. The number of hydrogen-bond donors (Lipinski definition) is 1. The Kier molecular flexibility index (Phi) is 4.00. The van der Waals surface area contributed by atoms with Gasteiger partial charge < -0.3 is 5.73 Å². The smallest absolute Gasteiger partial charge is 0.132 e. The monoisotopic (exact) mass is 263 g/mol. The molecule has 2 aromatic rings. The second-order valence-electron chi connectivity index (χ2n) is 4.26. The van der Waals surface area contributed by atoms with E-state index in [4.69, 9.17) is 17.3 Å². The zero-order valence-corrected chi connectivity index (χ0v) is 10.9. The van der Waals surface area contributed by atoms with E-state index in [1.165, 1.54) is 6.07 Å². The van der Waals surface area contributed by atoms with Crippen molar-refractivity contribution >= 4 is 11.6 Å². The molecule has 0 saturated heterocycles. The second kappa shape index (κ2) is 5.51. The highest BCUT2D eigenvalue weighted by Gasteiger charge is 2.08. The van der Waals surface area contributed by atoms with Crippen LogP contribution in [0.3, 0.4) is 0 Å². The molecule has 0 aliphatic rings. The van der Waals surface area contributed by atoms with Crippen LogP contribution >= 0.6 is 11.6 Å². The van der Waals surface area contributed by atoms with Gasteiger partial charge in [0.1, 0.15) is 5.82 Å². The van der Waals surface area contributed by atoms with Crippen molar-refractivity contribution < 1.29 is 4.39 Å². The summed E-state index contributed by atoms with van der Waals surface area (Å²) in [6.07, 6.45) is 0.854. The fourth-order valence-electron chi connectivity index (χ4n) is 1.90. The van der Waals surface area contributed by atoms with Crippen LogP contribution in [0.2, 0.25) is 5.02 Å². The van der Waals surface area contributed by atoms with Gasteiger partial charge >= 0.3 is 0 Å². The first-order valence-electron chi connectivity index (χ1n) is 5.92. The summed E-state index contributed by atoms with van der Waals surface area (Å²) in [7, 11) is 0. The third kappa shape index (κ3) is 2.71. The zero-order chi connectivity index (χ0) is 13.1. The summed E-state index contributed by atoms with van der Waals surface area (Å²) in [6, 6.07) is 12.3. The van der Waals surface area contributed by atoms with Crippen molar-refractivity contribution in [2.24, 2.45) is 5.73 Å². The summed E-state index contributed by atoms with van der Waals surface area (Å²) < 4.78 is 13.8. The maximum Gasteiger partial charge on any atom is 0.132 e. The Balaban J connectivity index is 2.44. The van der Waals surface area contributed by atoms with Crippen LogP contribution in [0.4, 0.5) is 4.39 Å². The molecule has 1 unspecified atom stereocenters. The topological polar surface area (TPSA) is 26.0 Å². The van der Waals surface area contributed by atoms with E-state index in [2.05, 4.69) is 0 Å². The molecular formula is C15H15ClFN. The highest BCUT2D eigenvalue weighted by atomic mass is 35.5. The van der Waals surface area contributed by atoms with Gasteiger partial charge in [-0.05, 0) is 41.8 Å². The van der Waals surface area contributed by atoms with Gasteiger partial charge in [0.05, 0.1) is 0 Å². The van der Waals surface area contributed by atoms with Gasteiger partial charge in [-0.25, -0.2) is 4.39 Å². The van der Waals surface area contributed by atoms with E-state index >= 15 is 0 Å². The number of benzene rings is 2. The lowest BCUT2D eigenvalue weighted by Crippen LogP contribution is -2.08. The molecule has 1 nitrogen and oxygen atoms in total. The minimum atomic E-state index is -0.315. The van der Waals surface area contributed by atoms with Crippen LogP contribution in [-0.2, 0) is 0 Å². The molecule has 0 fully saturated rings. The lowest BCUT2D eigenvalue weighted by molar-refractivity contribution is 0.631. The van der Waals surface area contributed by atoms with Crippen molar-refractivity contribution in [3.63, 3.8) is 0 Å². The maximum atomic E-state index is 13.8. The third-order valence-electron chi connectivity index (χ3n) is 3.00. The first-order chi connectivity index (χ1) is 8.61. The molecule has 18 heavy (non-hydrogen) atoms. The molecule has 2 rings (SSSR count). The van der Waals surface area contributed by atoms with Gasteiger partial charge in [-0.2, -0.15) is 0 Å². The first-order valence-corrected chi connectivity index (χ1v) is 6.30. The molecule has 2 aromatic carbocycles. The van der Waals surface area contributed by atoms with Crippen molar-refractivity contribution in [2.75, 3.05) is 0 Å². The summed E-state index contributed by atoms with van der Waals surface area (Å²) >= 11 is 5.75. The molecule has 3 heteroatoms. The van der Waals surface area contributed by atoms with Crippen LogP contribution in [0.1, 0.15) is 24.9 Å². The number of nitrogens with two attached hydrogens (primary N) is 1. The number of rotatable bonds is 3. The summed E-state index contributed by atoms with van der Waals surface area (Å²) in [5.74, 6) is -0.315. The lowest BCUT2D eigenvalue weighted by Gasteiger charge is -2.11. The van der Waals surface area contributed by atoms with E-state index in [1.807, 2.05) is 31.2 Å². The van der Waals surface area contributed by atoms with Crippen molar-refractivity contribution in [1.82, 2.24) is 0 Å². The van der Waals surface area contributed by atoms with Crippen molar-refractivity contribution in [3.05, 3.63) is 58.9 Å². The minimum Gasteiger partial charge on any atom is -0.324 e. The molecule has 1 atom stereocenters. The largest absolute Gasteiger partial charge is 0.324 e. The van der Waals surface area contributed by atoms with Crippen molar-refractivity contribution in [1.29, 1.82) is 0 Å². The van der Waals surface area contributed by atoms with Crippen molar-refractivity contribution in [2.45, 2.75) is 19.4 Å². The average molecular weight is 264 g/mol. The predicted octanol–water partition coefficient (Wildman–Crippen LogP) is 4.56. The van der Waals surface area contributed by atoms with Gasteiger partial charge in [0.2, 0.25) is 0 Å². The van der Waals surface area contributed by atoms with Crippen LogP contribution in [0, 0.1) is 5.82 Å². The highest BCUT2D eigenvalue weighted by Crippen LogP contribution is 2.27. The molecule has 0 bridgehead atoms. The molecule has 2 N–H and O–H groups in total. The SMILES string of the molecule is CCC(N)c1cccc(-c2ccc(Cl)cc2F)c1. The Morgan fingerprint density at radius 3 is 2.67 bits per heavy atom. The summed E-state index contributed by atoms with van der Waals surface area (Å²) in [5.41, 5.74) is 8.38. The Bertz CT molecular complexity index is 554. The molecule has 0 saturated carbocycles.